The van der Waals surface area contributed by atoms with Crippen LogP contribution in [0.5, 0.6) is 0 Å². The Labute approximate surface area is 93.8 Å². The fraction of sp³-hybridized carbons (Fsp3) is 0.917. The fourth-order valence-electron chi connectivity index (χ4n) is 3.22. The Morgan fingerprint density at radius 3 is 2.53 bits per heavy atom. The number of carbonyl (C=O) groups excluding carboxylic acids is 1. The average molecular weight is 205 g/mol. The van der Waals surface area contributed by atoms with Gasteiger partial charge in [-0.25, -0.2) is 0 Å². The number of hydrogen-bond acceptors (Lipinski definition) is 2. The van der Waals surface area contributed by atoms with Crippen LogP contribution in [0.25, 0.3) is 0 Å². The lowest BCUT2D eigenvalue weighted by molar-refractivity contribution is -0.129. The van der Waals surface area contributed by atoms with E-state index in [1.807, 2.05) is 6.92 Å². The first-order chi connectivity index (χ1) is 7.04. The summed E-state index contributed by atoms with van der Waals surface area (Å²) in [5.41, 5.74) is -0.404. The molecule has 3 heteroatoms. The van der Waals surface area contributed by atoms with E-state index in [9.17, 15) is 4.79 Å². The summed E-state index contributed by atoms with van der Waals surface area (Å²) in [5.74, 6) is 1.68. The molecule has 2 fully saturated rings. The highest BCUT2D eigenvalue weighted by Gasteiger charge is 2.44. The van der Waals surface area contributed by atoms with Gasteiger partial charge >= 0.3 is 0 Å². The van der Waals surface area contributed by atoms with Crippen LogP contribution in [-0.4, -0.2) is 30.7 Å². The van der Waals surface area contributed by atoms with Crippen LogP contribution in [0.1, 0.15) is 46.0 Å². The third kappa shape index (κ3) is 1.86. The van der Waals surface area contributed by atoms with Crippen molar-refractivity contribution in [3.63, 3.8) is 0 Å². The number of carbonyl (C=O) groups is 1. The van der Waals surface area contributed by atoms with Crippen molar-refractivity contribution in [2.75, 3.05) is 6.54 Å². The molecule has 0 N–H and O–H groups in total. The maximum Gasteiger partial charge on any atom is 0.183 e. The van der Waals surface area contributed by atoms with Crippen molar-refractivity contribution in [3.8, 4) is 0 Å². The SMILES string of the molecule is [B]N1CC2CCCCC2CC1(C)C(C)=O. The largest absolute Gasteiger partial charge is 0.342 e. The summed E-state index contributed by atoms with van der Waals surface area (Å²) in [6.07, 6.45) is 6.22. The molecule has 82 valence electrons. The molecule has 2 aliphatic rings. The van der Waals surface area contributed by atoms with E-state index in [4.69, 9.17) is 7.98 Å². The summed E-state index contributed by atoms with van der Waals surface area (Å²) in [6, 6.07) is 0. The van der Waals surface area contributed by atoms with E-state index in [-0.39, 0.29) is 5.78 Å². The second-order valence-corrected chi connectivity index (χ2v) is 5.49. The molecule has 0 amide bonds. The maximum atomic E-state index is 11.7. The predicted octanol–water partition coefficient (Wildman–Crippen LogP) is 1.93. The summed E-state index contributed by atoms with van der Waals surface area (Å²) >= 11 is 0. The summed E-state index contributed by atoms with van der Waals surface area (Å²) in [7, 11) is 6.03. The summed E-state index contributed by atoms with van der Waals surface area (Å²) in [5, 5.41) is 0. The van der Waals surface area contributed by atoms with Crippen molar-refractivity contribution in [3.05, 3.63) is 0 Å². The molecular weight excluding hydrogens is 185 g/mol. The van der Waals surface area contributed by atoms with Crippen LogP contribution in [0, 0.1) is 11.8 Å². The lowest BCUT2D eigenvalue weighted by Gasteiger charge is -2.50. The number of rotatable bonds is 1. The molecule has 1 saturated carbocycles. The van der Waals surface area contributed by atoms with Crippen LogP contribution in [0.4, 0.5) is 0 Å². The number of ketones is 1. The van der Waals surface area contributed by atoms with Crippen molar-refractivity contribution in [2.45, 2.75) is 51.5 Å². The minimum Gasteiger partial charge on any atom is -0.342 e. The minimum absolute atomic E-state index is 0.217. The van der Waals surface area contributed by atoms with Crippen LogP contribution >= 0.6 is 0 Å². The van der Waals surface area contributed by atoms with E-state index >= 15 is 0 Å². The highest BCUT2D eigenvalue weighted by molar-refractivity contribution is 6.08. The summed E-state index contributed by atoms with van der Waals surface area (Å²) < 4.78 is 0. The molecule has 2 rings (SSSR count). The van der Waals surface area contributed by atoms with Gasteiger partial charge in [0.2, 0.25) is 0 Å². The molecule has 2 nitrogen and oxygen atoms in total. The van der Waals surface area contributed by atoms with E-state index in [2.05, 4.69) is 0 Å². The fourth-order valence-corrected chi connectivity index (χ4v) is 3.22. The minimum atomic E-state index is -0.404. The second kappa shape index (κ2) is 3.93. The van der Waals surface area contributed by atoms with Gasteiger partial charge in [-0.05, 0) is 45.1 Å². The first kappa shape index (κ1) is 11.2. The zero-order chi connectivity index (χ0) is 11.1. The van der Waals surface area contributed by atoms with Gasteiger partial charge in [0.05, 0.1) is 5.54 Å². The van der Waals surface area contributed by atoms with Crippen LogP contribution in [0.15, 0.2) is 0 Å². The van der Waals surface area contributed by atoms with Gasteiger partial charge in [-0.1, -0.05) is 19.3 Å². The lowest BCUT2D eigenvalue weighted by Crippen LogP contribution is -2.58. The predicted molar refractivity (Wildman–Crippen MR) is 61.6 cm³/mol. The molecule has 1 aliphatic heterocycles. The Morgan fingerprint density at radius 2 is 1.93 bits per heavy atom. The lowest BCUT2D eigenvalue weighted by atomic mass is 9.67. The molecule has 1 heterocycles. The quantitative estimate of drug-likeness (QED) is 0.609. The number of fused-ring (bicyclic) bond motifs is 1. The van der Waals surface area contributed by atoms with E-state index < -0.39 is 5.54 Å². The summed E-state index contributed by atoms with van der Waals surface area (Å²) in [4.78, 5) is 13.5. The zero-order valence-electron chi connectivity index (χ0n) is 9.83. The van der Waals surface area contributed by atoms with E-state index in [1.165, 1.54) is 25.7 Å². The third-order valence-corrected chi connectivity index (χ3v) is 4.55. The molecule has 15 heavy (non-hydrogen) atoms. The molecule has 0 bridgehead atoms. The monoisotopic (exact) mass is 205 g/mol. The second-order valence-electron chi connectivity index (χ2n) is 5.49. The number of piperidine rings is 1. The smallest absolute Gasteiger partial charge is 0.183 e. The van der Waals surface area contributed by atoms with Gasteiger partial charge in [-0.3, -0.25) is 4.79 Å². The van der Waals surface area contributed by atoms with E-state index in [1.54, 1.807) is 11.7 Å². The van der Waals surface area contributed by atoms with E-state index in [0.717, 1.165) is 24.8 Å². The van der Waals surface area contributed by atoms with E-state index in [0.29, 0.717) is 0 Å². The molecule has 0 spiro atoms. The van der Waals surface area contributed by atoms with Crippen LogP contribution in [0.3, 0.4) is 0 Å². The van der Waals surface area contributed by atoms with Crippen LogP contribution in [0.2, 0.25) is 0 Å². The highest BCUT2D eigenvalue weighted by Crippen LogP contribution is 2.42. The first-order valence-electron chi connectivity index (χ1n) is 6.07. The topological polar surface area (TPSA) is 20.3 Å². The molecule has 1 saturated heterocycles. The first-order valence-corrected chi connectivity index (χ1v) is 6.07. The molecule has 1 aliphatic carbocycles. The van der Waals surface area contributed by atoms with Crippen molar-refractivity contribution >= 4 is 13.8 Å². The molecule has 3 unspecified atom stereocenters. The number of hydrogen-bond donors (Lipinski definition) is 0. The van der Waals surface area contributed by atoms with Crippen LogP contribution < -0.4 is 0 Å². The van der Waals surface area contributed by atoms with Crippen molar-refractivity contribution in [1.82, 2.24) is 4.81 Å². The molecule has 3 atom stereocenters. The normalized spacial score (nSPS) is 42.3. The Kier molecular flexibility index (Phi) is 2.93. The zero-order valence-corrected chi connectivity index (χ0v) is 9.83. The molecule has 0 aromatic carbocycles. The maximum absolute atomic E-state index is 11.7. The van der Waals surface area contributed by atoms with Gasteiger partial charge in [0, 0.05) is 0 Å². The Bertz CT molecular complexity index is 268. The van der Waals surface area contributed by atoms with Gasteiger partial charge in [-0.15, -0.1) is 0 Å². The van der Waals surface area contributed by atoms with Crippen molar-refractivity contribution < 1.29 is 4.79 Å². The highest BCUT2D eigenvalue weighted by atomic mass is 16.1. The average Bonchev–Trinajstić information content (AvgIpc) is 2.19. The molecular formula is C12H20BNO. The number of Topliss-reactive ketones (excluding diaryl/α,β-unsaturated/α-hetero) is 1. The van der Waals surface area contributed by atoms with Gasteiger partial charge in [0.1, 0.15) is 5.78 Å². The molecule has 0 aromatic heterocycles. The Balaban J connectivity index is 2.14. The van der Waals surface area contributed by atoms with Gasteiger partial charge in [0.25, 0.3) is 0 Å². The van der Waals surface area contributed by atoms with Gasteiger partial charge in [-0.2, -0.15) is 0 Å². The molecule has 0 aromatic rings. The van der Waals surface area contributed by atoms with Gasteiger partial charge in [0.15, 0.2) is 7.98 Å². The molecule has 2 radical (unpaired) electrons. The summed E-state index contributed by atoms with van der Waals surface area (Å²) in [6.45, 7) is 4.57. The third-order valence-electron chi connectivity index (χ3n) is 4.55. The Morgan fingerprint density at radius 1 is 1.33 bits per heavy atom. The standard InChI is InChI=1S/C12H20BNO/c1-9(15)12(2)7-10-5-3-4-6-11(10)8-14(12)13/h10-11H,3-8H2,1-2H3. The van der Waals surface area contributed by atoms with Crippen molar-refractivity contribution in [2.24, 2.45) is 11.8 Å². The Hall–Kier alpha value is -0.305. The van der Waals surface area contributed by atoms with Crippen molar-refractivity contribution in [1.29, 1.82) is 0 Å². The van der Waals surface area contributed by atoms with Crippen LogP contribution in [-0.2, 0) is 4.79 Å². The number of nitrogens with zero attached hydrogens (tertiary/aromatic N) is 1. The van der Waals surface area contributed by atoms with Gasteiger partial charge < -0.3 is 4.81 Å².